The molecule has 2 aromatic rings. The predicted molar refractivity (Wildman–Crippen MR) is 78.5 cm³/mol. The smallest absolute Gasteiger partial charge is 0.0253 e. The number of halogens is 1. The van der Waals surface area contributed by atoms with Crippen LogP contribution in [0.1, 0.15) is 18.4 Å². The predicted octanol–water partition coefficient (Wildman–Crippen LogP) is 4.14. The van der Waals surface area contributed by atoms with E-state index in [1.807, 2.05) is 7.05 Å². The molecule has 0 aromatic heterocycles. The van der Waals surface area contributed by atoms with Gasteiger partial charge in [-0.15, -0.1) is 0 Å². The van der Waals surface area contributed by atoms with Crippen LogP contribution < -0.4 is 5.32 Å². The summed E-state index contributed by atoms with van der Waals surface area (Å²) < 4.78 is 1.19. The number of unbranched alkanes of at least 4 members (excludes halogenated alkanes) is 1. The van der Waals surface area contributed by atoms with Crippen molar-refractivity contribution in [2.75, 3.05) is 13.6 Å². The minimum absolute atomic E-state index is 1.11. The molecule has 2 rings (SSSR count). The highest BCUT2D eigenvalue weighted by atomic mass is 79.9. The quantitative estimate of drug-likeness (QED) is 0.817. The number of hydrogen-bond acceptors (Lipinski definition) is 1. The van der Waals surface area contributed by atoms with E-state index in [-0.39, 0.29) is 0 Å². The van der Waals surface area contributed by atoms with Crippen LogP contribution in [-0.2, 0) is 6.42 Å². The summed E-state index contributed by atoms with van der Waals surface area (Å²) in [5, 5.41) is 5.89. The molecule has 0 atom stereocenters. The first kappa shape index (κ1) is 12.6. The summed E-state index contributed by atoms with van der Waals surface area (Å²) in [7, 11) is 2.01. The first-order valence-electron chi connectivity index (χ1n) is 6.13. The van der Waals surface area contributed by atoms with Gasteiger partial charge in [0.15, 0.2) is 0 Å². The van der Waals surface area contributed by atoms with Crippen LogP contribution in [0.15, 0.2) is 40.9 Å². The van der Waals surface area contributed by atoms with Crippen molar-refractivity contribution < 1.29 is 0 Å². The maximum atomic E-state index is 3.61. The van der Waals surface area contributed by atoms with Crippen molar-refractivity contribution in [2.24, 2.45) is 0 Å². The fourth-order valence-electron chi connectivity index (χ4n) is 2.16. The lowest BCUT2D eigenvalue weighted by molar-refractivity contribution is 0.678. The summed E-state index contributed by atoms with van der Waals surface area (Å²) >= 11 is 3.61. The SMILES string of the molecule is CNCCCCc1ccc(Br)c2ccccc12. The Balaban J connectivity index is 2.20. The summed E-state index contributed by atoms with van der Waals surface area (Å²) in [5.74, 6) is 0. The normalized spacial score (nSPS) is 10.9. The van der Waals surface area contributed by atoms with Gasteiger partial charge in [0.05, 0.1) is 0 Å². The number of nitrogens with one attached hydrogen (secondary N) is 1. The van der Waals surface area contributed by atoms with Gasteiger partial charge in [-0.25, -0.2) is 0 Å². The second-order valence-electron chi connectivity index (χ2n) is 4.31. The number of rotatable bonds is 5. The number of hydrogen-bond donors (Lipinski definition) is 1. The van der Waals surface area contributed by atoms with Crippen LogP contribution >= 0.6 is 15.9 Å². The first-order chi connectivity index (χ1) is 8.33. The molecule has 90 valence electrons. The van der Waals surface area contributed by atoms with Crippen LogP contribution in [0, 0.1) is 0 Å². The molecule has 0 saturated heterocycles. The summed E-state index contributed by atoms with van der Waals surface area (Å²) in [6, 6.07) is 13.0. The lowest BCUT2D eigenvalue weighted by Crippen LogP contribution is -2.07. The van der Waals surface area contributed by atoms with E-state index in [4.69, 9.17) is 0 Å². The fourth-order valence-corrected chi connectivity index (χ4v) is 2.64. The number of aryl methyl sites for hydroxylation is 1. The van der Waals surface area contributed by atoms with Crippen LogP contribution in [0.3, 0.4) is 0 Å². The van der Waals surface area contributed by atoms with Crippen LogP contribution in [0.5, 0.6) is 0 Å². The zero-order valence-corrected chi connectivity index (χ0v) is 11.8. The number of benzene rings is 2. The van der Waals surface area contributed by atoms with Crippen LogP contribution in [-0.4, -0.2) is 13.6 Å². The Hall–Kier alpha value is -0.860. The van der Waals surface area contributed by atoms with Gasteiger partial charge in [-0.2, -0.15) is 0 Å². The van der Waals surface area contributed by atoms with Crippen molar-refractivity contribution in [1.82, 2.24) is 5.32 Å². The topological polar surface area (TPSA) is 12.0 Å². The Bertz CT molecular complexity index is 493. The van der Waals surface area contributed by atoms with Gasteiger partial charge in [-0.1, -0.05) is 46.3 Å². The van der Waals surface area contributed by atoms with Gasteiger partial charge < -0.3 is 5.32 Å². The molecule has 0 aliphatic heterocycles. The van der Waals surface area contributed by atoms with Crippen molar-refractivity contribution in [3.05, 3.63) is 46.4 Å². The van der Waals surface area contributed by atoms with E-state index in [2.05, 4.69) is 57.6 Å². The van der Waals surface area contributed by atoms with Gasteiger partial charge in [-0.05, 0) is 55.3 Å². The molecule has 0 unspecified atom stereocenters. The third kappa shape index (κ3) is 3.08. The molecule has 0 fully saturated rings. The molecular weight excluding hydrogens is 274 g/mol. The van der Waals surface area contributed by atoms with Crippen molar-refractivity contribution in [3.8, 4) is 0 Å². The number of fused-ring (bicyclic) bond motifs is 1. The van der Waals surface area contributed by atoms with E-state index in [1.165, 1.54) is 33.7 Å². The van der Waals surface area contributed by atoms with Crippen molar-refractivity contribution in [3.63, 3.8) is 0 Å². The van der Waals surface area contributed by atoms with Crippen LogP contribution in [0.2, 0.25) is 0 Å². The minimum atomic E-state index is 1.11. The van der Waals surface area contributed by atoms with Crippen LogP contribution in [0.25, 0.3) is 10.8 Å². The second-order valence-corrected chi connectivity index (χ2v) is 5.17. The van der Waals surface area contributed by atoms with E-state index < -0.39 is 0 Å². The molecule has 1 N–H and O–H groups in total. The first-order valence-corrected chi connectivity index (χ1v) is 6.93. The maximum absolute atomic E-state index is 3.61. The Labute approximate surface area is 111 Å². The lowest BCUT2D eigenvalue weighted by Gasteiger charge is -2.08. The molecular formula is C15H18BrN. The zero-order valence-electron chi connectivity index (χ0n) is 10.2. The molecule has 0 spiro atoms. The molecule has 0 bridgehead atoms. The molecule has 1 nitrogen and oxygen atoms in total. The van der Waals surface area contributed by atoms with E-state index in [1.54, 1.807) is 0 Å². The third-order valence-corrected chi connectivity index (χ3v) is 3.78. The zero-order chi connectivity index (χ0) is 12.1. The van der Waals surface area contributed by atoms with E-state index >= 15 is 0 Å². The monoisotopic (exact) mass is 291 g/mol. The standard InChI is InChI=1S/C15H18BrN/c1-17-11-5-4-6-12-9-10-15(16)14-8-3-2-7-13(12)14/h2-3,7-10,17H,4-6,11H2,1H3. The van der Waals surface area contributed by atoms with Gasteiger partial charge in [0.25, 0.3) is 0 Å². The molecule has 2 aromatic carbocycles. The highest BCUT2D eigenvalue weighted by Crippen LogP contribution is 2.27. The Morgan fingerprint density at radius 3 is 2.53 bits per heavy atom. The second kappa shape index (κ2) is 6.18. The molecule has 0 saturated carbocycles. The van der Waals surface area contributed by atoms with Crippen molar-refractivity contribution >= 4 is 26.7 Å². The molecule has 0 aliphatic rings. The van der Waals surface area contributed by atoms with E-state index in [0.717, 1.165) is 13.0 Å². The molecule has 17 heavy (non-hydrogen) atoms. The Morgan fingerprint density at radius 2 is 1.76 bits per heavy atom. The molecule has 0 heterocycles. The molecule has 0 aliphatic carbocycles. The van der Waals surface area contributed by atoms with Gasteiger partial charge in [0, 0.05) is 4.47 Å². The minimum Gasteiger partial charge on any atom is -0.320 e. The van der Waals surface area contributed by atoms with Gasteiger partial charge in [0.1, 0.15) is 0 Å². The Kier molecular flexibility index (Phi) is 4.57. The third-order valence-electron chi connectivity index (χ3n) is 3.08. The molecule has 2 heteroatoms. The summed E-state index contributed by atoms with van der Waals surface area (Å²) in [6.07, 6.45) is 3.64. The van der Waals surface area contributed by atoms with Gasteiger partial charge in [0.2, 0.25) is 0 Å². The van der Waals surface area contributed by atoms with Crippen molar-refractivity contribution in [1.29, 1.82) is 0 Å². The highest BCUT2D eigenvalue weighted by Gasteiger charge is 2.03. The average Bonchev–Trinajstić information content (AvgIpc) is 2.37. The van der Waals surface area contributed by atoms with Crippen LogP contribution in [0.4, 0.5) is 0 Å². The van der Waals surface area contributed by atoms with Gasteiger partial charge in [-0.3, -0.25) is 0 Å². The van der Waals surface area contributed by atoms with Crippen molar-refractivity contribution in [2.45, 2.75) is 19.3 Å². The summed E-state index contributed by atoms with van der Waals surface area (Å²) in [6.45, 7) is 1.11. The summed E-state index contributed by atoms with van der Waals surface area (Å²) in [4.78, 5) is 0. The highest BCUT2D eigenvalue weighted by molar-refractivity contribution is 9.10. The fraction of sp³-hybridized carbons (Fsp3) is 0.333. The lowest BCUT2D eigenvalue weighted by atomic mass is 10.0. The van der Waals surface area contributed by atoms with Gasteiger partial charge >= 0.3 is 0 Å². The Morgan fingerprint density at radius 1 is 1.00 bits per heavy atom. The summed E-state index contributed by atoms with van der Waals surface area (Å²) in [5.41, 5.74) is 1.46. The van der Waals surface area contributed by atoms with E-state index in [9.17, 15) is 0 Å². The largest absolute Gasteiger partial charge is 0.320 e. The van der Waals surface area contributed by atoms with E-state index in [0.29, 0.717) is 0 Å². The maximum Gasteiger partial charge on any atom is 0.0253 e. The average molecular weight is 292 g/mol. The molecule has 0 radical (unpaired) electrons. The molecule has 0 amide bonds.